The molecule has 2 aliphatic heterocycles. The first kappa shape index (κ1) is 17.0. The molecular weight excluding hydrogens is 332 g/mol. The van der Waals surface area contributed by atoms with Gasteiger partial charge in [0, 0.05) is 26.2 Å². The van der Waals surface area contributed by atoms with Crippen molar-refractivity contribution < 1.29 is 9.47 Å². The maximum atomic E-state index is 5.61. The van der Waals surface area contributed by atoms with Crippen molar-refractivity contribution in [3.05, 3.63) is 30.5 Å². The summed E-state index contributed by atoms with van der Waals surface area (Å²) in [6.45, 7) is 4.81. The Kier molecular flexibility index (Phi) is 5.41. The number of nitrogens with zero attached hydrogens (tertiary/aromatic N) is 4. The van der Waals surface area contributed by atoms with Crippen molar-refractivity contribution in [3.8, 4) is 0 Å². The first-order chi connectivity index (χ1) is 12.9. The number of ether oxygens (including phenoxy) is 2. The van der Waals surface area contributed by atoms with Crippen molar-refractivity contribution in [1.29, 1.82) is 0 Å². The molecule has 8 heteroatoms. The largest absolute Gasteiger partial charge is 0.378 e. The lowest BCUT2D eigenvalue weighted by molar-refractivity contribution is 0.120. The molecule has 0 radical (unpaired) electrons. The molecule has 0 aliphatic carbocycles. The molecule has 0 saturated carbocycles. The molecule has 0 spiro atoms. The highest BCUT2D eigenvalue weighted by atomic mass is 16.5. The monoisotopic (exact) mass is 356 g/mol. The molecular formula is C18H24N6O2. The Morgan fingerprint density at radius 1 is 1.15 bits per heavy atom. The lowest BCUT2D eigenvalue weighted by Gasteiger charge is -2.30. The number of morpholine rings is 1. The predicted molar refractivity (Wildman–Crippen MR) is 100 cm³/mol. The van der Waals surface area contributed by atoms with Gasteiger partial charge in [0.05, 0.1) is 36.9 Å². The van der Waals surface area contributed by atoms with E-state index in [2.05, 4.69) is 36.8 Å². The molecule has 26 heavy (non-hydrogen) atoms. The van der Waals surface area contributed by atoms with Gasteiger partial charge in [0.1, 0.15) is 0 Å². The number of hydrogen-bond donors (Lipinski definition) is 2. The van der Waals surface area contributed by atoms with Crippen molar-refractivity contribution in [1.82, 2.24) is 15.2 Å². The molecule has 1 unspecified atom stereocenters. The Hall–Kier alpha value is -2.45. The van der Waals surface area contributed by atoms with Gasteiger partial charge in [-0.2, -0.15) is 10.1 Å². The third-order valence-corrected chi connectivity index (χ3v) is 4.59. The maximum Gasteiger partial charge on any atom is 0.244 e. The number of rotatable bonds is 6. The van der Waals surface area contributed by atoms with Crippen LogP contribution in [0.1, 0.15) is 12.8 Å². The van der Waals surface area contributed by atoms with Crippen LogP contribution in [0.15, 0.2) is 30.5 Å². The highest BCUT2D eigenvalue weighted by Crippen LogP contribution is 2.28. The van der Waals surface area contributed by atoms with Gasteiger partial charge in [-0.3, -0.25) is 0 Å². The summed E-state index contributed by atoms with van der Waals surface area (Å²) in [6, 6.07) is 8.21. The second-order valence-corrected chi connectivity index (χ2v) is 6.42. The second-order valence-electron chi connectivity index (χ2n) is 6.42. The minimum atomic E-state index is 0.234. The summed E-state index contributed by atoms with van der Waals surface area (Å²) in [5.74, 6) is 1.17. The van der Waals surface area contributed by atoms with Gasteiger partial charge in [-0.15, -0.1) is 5.10 Å². The molecule has 1 aromatic carbocycles. The Labute approximate surface area is 152 Å². The molecule has 2 saturated heterocycles. The average molecular weight is 356 g/mol. The minimum absolute atomic E-state index is 0.234. The maximum absolute atomic E-state index is 5.61. The molecule has 2 aromatic rings. The fraction of sp³-hybridized carbons (Fsp3) is 0.500. The molecule has 2 N–H and O–H groups in total. The van der Waals surface area contributed by atoms with Gasteiger partial charge in [-0.1, -0.05) is 12.1 Å². The van der Waals surface area contributed by atoms with E-state index >= 15 is 0 Å². The summed E-state index contributed by atoms with van der Waals surface area (Å²) in [7, 11) is 0. The van der Waals surface area contributed by atoms with E-state index in [1.54, 1.807) is 6.20 Å². The third-order valence-electron chi connectivity index (χ3n) is 4.59. The fourth-order valence-corrected chi connectivity index (χ4v) is 3.25. The van der Waals surface area contributed by atoms with Crippen molar-refractivity contribution in [2.45, 2.75) is 18.9 Å². The van der Waals surface area contributed by atoms with Crippen LogP contribution in [0.3, 0.4) is 0 Å². The molecule has 1 atom stereocenters. The topological polar surface area (TPSA) is 84.4 Å². The zero-order valence-corrected chi connectivity index (χ0v) is 14.7. The lowest BCUT2D eigenvalue weighted by atomic mass is 10.2. The Bertz CT molecular complexity index is 716. The van der Waals surface area contributed by atoms with E-state index < -0.39 is 0 Å². The molecule has 2 aliphatic rings. The standard InChI is InChI=1S/C18H24N6O2/c1-2-6-16(24-7-10-25-11-8-24)15(5-1)21-17-13-20-23-18(22-17)19-12-14-4-3-9-26-14/h1-2,5-6,13-14H,3-4,7-12H2,(H2,19,21,22,23). The third kappa shape index (κ3) is 4.20. The summed E-state index contributed by atoms with van der Waals surface area (Å²) in [6.07, 6.45) is 4.06. The molecule has 0 bridgehead atoms. The number of para-hydroxylation sites is 2. The molecule has 3 heterocycles. The van der Waals surface area contributed by atoms with Gasteiger partial charge < -0.3 is 25.0 Å². The predicted octanol–water partition coefficient (Wildman–Crippen LogP) is 2.04. The quantitative estimate of drug-likeness (QED) is 0.813. The minimum Gasteiger partial charge on any atom is -0.378 e. The number of aromatic nitrogens is 3. The van der Waals surface area contributed by atoms with Crippen molar-refractivity contribution in [2.75, 3.05) is 55.0 Å². The number of benzene rings is 1. The summed E-state index contributed by atoms with van der Waals surface area (Å²) in [5.41, 5.74) is 2.14. The molecule has 138 valence electrons. The molecule has 1 aromatic heterocycles. The van der Waals surface area contributed by atoms with Gasteiger partial charge in [0.2, 0.25) is 5.95 Å². The van der Waals surface area contributed by atoms with E-state index in [1.807, 2.05) is 18.2 Å². The van der Waals surface area contributed by atoms with Crippen LogP contribution < -0.4 is 15.5 Å². The van der Waals surface area contributed by atoms with Crippen LogP contribution in [-0.2, 0) is 9.47 Å². The van der Waals surface area contributed by atoms with Gasteiger partial charge in [0.15, 0.2) is 5.82 Å². The smallest absolute Gasteiger partial charge is 0.244 e. The van der Waals surface area contributed by atoms with Gasteiger partial charge in [0.25, 0.3) is 0 Å². The van der Waals surface area contributed by atoms with Crippen LogP contribution in [0.4, 0.5) is 23.1 Å². The normalized spacial score (nSPS) is 20.2. The van der Waals surface area contributed by atoms with E-state index in [0.29, 0.717) is 18.3 Å². The van der Waals surface area contributed by atoms with Crippen molar-refractivity contribution >= 4 is 23.1 Å². The second kappa shape index (κ2) is 8.29. The average Bonchev–Trinajstić information content (AvgIpc) is 3.22. The summed E-state index contributed by atoms with van der Waals surface area (Å²) < 4.78 is 11.1. The van der Waals surface area contributed by atoms with Crippen LogP contribution in [0.25, 0.3) is 0 Å². The Morgan fingerprint density at radius 3 is 2.88 bits per heavy atom. The molecule has 8 nitrogen and oxygen atoms in total. The summed E-state index contributed by atoms with van der Waals surface area (Å²) in [4.78, 5) is 6.84. The number of hydrogen-bond acceptors (Lipinski definition) is 8. The van der Waals surface area contributed by atoms with Crippen molar-refractivity contribution in [2.24, 2.45) is 0 Å². The van der Waals surface area contributed by atoms with E-state index in [9.17, 15) is 0 Å². The fourth-order valence-electron chi connectivity index (χ4n) is 3.25. The van der Waals surface area contributed by atoms with Gasteiger partial charge in [-0.05, 0) is 25.0 Å². The van der Waals surface area contributed by atoms with E-state index in [0.717, 1.165) is 57.1 Å². The van der Waals surface area contributed by atoms with Crippen LogP contribution in [-0.4, -0.2) is 60.7 Å². The zero-order chi connectivity index (χ0) is 17.6. The Balaban J connectivity index is 1.44. The zero-order valence-electron chi connectivity index (χ0n) is 14.7. The van der Waals surface area contributed by atoms with Crippen LogP contribution >= 0.6 is 0 Å². The van der Waals surface area contributed by atoms with E-state index in [1.165, 1.54) is 0 Å². The lowest BCUT2D eigenvalue weighted by Crippen LogP contribution is -2.36. The molecule has 4 rings (SSSR count). The SMILES string of the molecule is c1ccc(N2CCOCC2)c(Nc2cnnc(NCC3CCCO3)n2)c1. The first-order valence-electron chi connectivity index (χ1n) is 9.12. The van der Waals surface area contributed by atoms with Gasteiger partial charge >= 0.3 is 0 Å². The van der Waals surface area contributed by atoms with Crippen molar-refractivity contribution in [3.63, 3.8) is 0 Å². The van der Waals surface area contributed by atoms with Gasteiger partial charge in [-0.25, -0.2) is 0 Å². The Morgan fingerprint density at radius 2 is 2.04 bits per heavy atom. The highest BCUT2D eigenvalue weighted by Gasteiger charge is 2.17. The summed E-state index contributed by atoms with van der Waals surface area (Å²) >= 11 is 0. The van der Waals surface area contributed by atoms with Crippen LogP contribution in [0.2, 0.25) is 0 Å². The first-order valence-corrected chi connectivity index (χ1v) is 9.12. The summed E-state index contributed by atoms with van der Waals surface area (Å²) in [5, 5.41) is 14.7. The number of nitrogens with one attached hydrogen (secondary N) is 2. The van der Waals surface area contributed by atoms with E-state index in [4.69, 9.17) is 9.47 Å². The van der Waals surface area contributed by atoms with E-state index in [-0.39, 0.29) is 6.10 Å². The van der Waals surface area contributed by atoms with Crippen LogP contribution in [0, 0.1) is 0 Å². The highest BCUT2D eigenvalue weighted by molar-refractivity contribution is 5.74. The molecule has 0 amide bonds. The molecule has 2 fully saturated rings. The van der Waals surface area contributed by atoms with Crippen LogP contribution in [0.5, 0.6) is 0 Å². The number of anilines is 4.